The van der Waals surface area contributed by atoms with Gasteiger partial charge in [0.1, 0.15) is 18.0 Å². The summed E-state index contributed by atoms with van der Waals surface area (Å²) in [7, 11) is 0. The van der Waals surface area contributed by atoms with Crippen molar-refractivity contribution in [2.75, 3.05) is 17.6 Å². The fraction of sp³-hybridized carbons (Fsp3) is 0.172. The Labute approximate surface area is 228 Å². The summed E-state index contributed by atoms with van der Waals surface area (Å²) in [5, 5.41) is 7.12. The van der Waals surface area contributed by atoms with Gasteiger partial charge in [-0.2, -0.15) is 0 Å². The summed E-state index contributed by atoms with van der Waals surface area (Å²) in [6, 6.07) is 11.3. The molecule has 0 bridgehead atoms. The van der Waals surface area contributed by atoms with Crippen LogP contribution < -0.4 is 16.4 Å². The molecule has 7 nitrogen and oxygen atoms in total. The molecule has 0 saturated heterocycles. The molecule has 4 aromatic rings. The largest absolute Gasteiger partial charge is 0.383 e. The van der Waals surface area contributed by atoms with Crippen LogP contribution in [-0.4, -0.2) is 27.4 Å². The van der Waals surface area contributed by atoms with Gasteiger partial charge < -0.3 is 16.4 Å². The van der Waals surface area contributed by atoms with Gasteiger partial charge in [0.2, 0.25) is 0 Å². The first-order valence-electron chi connectivity index (χ1n) is 12.3. The number of nitrogens with one attached hydrogen (secondary N) is 2. The van der Waals surface area contributed by atoms with Crippen LogP contribution in [0.4, 0.5) is 20.4 Å². The highest BCUT2D eigenvalue weighted by Gasteiger charge is 2.22. The van der Waals surface area contributed by atoms with E-state index in [0.29, 0.717) is 29.3 Å². The van der Waals surface area contributed by atoms with E-state index in [1.165, 1.54) is 12.4 Å². The minimum atomic E-state index is -0.962. The van der Waals surface area contributed by atoms with Crippen molar-refractivity contribution in [3.63, 3.8) is 0 Å². The molecule has 1 amide bonds. The summed E-state index contributed by atoms with van der Waals surface area (Å²) in [5.41, 5.74) is 10.3. The molecule has 1 unspecified atom stereocenters. The number of thioether (sulfide) groups is 1. The number of rotatable bonds is 8. The van der Waals surface area contributed by atoms with Crippen LogP contribution >= 0.6 is 11.8 Å². The maximum absolute atomic E-state index is 13.6. The van der Waals surface area contributed by atoms with Crippen LogP contribution in [0, 0.1) is 11.6 Å². The molecular weight excluding hydrogens is 518 g/mol. The highest BCUT2D eigenvalue weighted by Crippen LogP contribution is 2.44. The number of carbonyl (C=O) groups is 1. The number of allylic oxidation sites excluding steroid dienone is 2. The monoisotopic (exact) mass is 544 g/mol. The lowest BCUT2D eigenvalue weighted by atomic mass is 10.1. The number of hydrogen-bond donors (Lipinski definition) is 3. The number of nitrogens with zero attached hydrogens (tertiary/aromatic N) is 3. The third-order valence-corrected chi connectivity index (χ3v) is 7.77. The normalized spacial score (nSPS) is 14.7. The van der Waals surface area contributed by atoms with Gasteiger partial charge in [-0.3, -0.25) is 4.79 Å². The molecule has 0 saturated carbocycles. The summed E-state index contributed by atoms with van der Waals surface area (Å²) in [5.74, 6) is -1.41. The predicted molar refractivity (Wildman–Crippen MR) is 152 cm³/mol. The zero-order chi connectivity index (χ0) is 27.5. The van der Waals surface area contributed by atoms with Gasteiger partial charge in [-0.25, -0.2) is 23.7 Å². The highest BCUT2D eigenvalue weighted by molar-refractivity contribution is 8.03. The van der Waals surface area contributed by atoms with Crippen molar-refractivity contribution in [1.29, 1.82) is 0 Å². The Hall–Kier alpha value is -4.31. The maximum atomic E-state index is 13.6. The van der Waals surface area contributed by atoms with Crippen molar-refractivity contribution in [2.45, 2.75) is 25.1 Å². The molecule has 2 aromatic heterocycles. The van der Waals surface area contributed by atoms with Gasteiger partial charge in [-0.1, -0.05) is 24.8 Å². The van der Waals surface area contributed by atoms with Gasteiger partial charge >= 0.3 is 0 Å². The first-order valence-corrected chi connectivity index (χ1v) is 13.1. The number of fused-ring (bicyclic) bond motifs is 1. The second-order valence-electron chi connectivity index (χ2n) is 9.23. The molecule has 2 aromatic carbocycles. The average molecular weight is 545 g/mol. The number of hydrogen-bond acceptors (Lipinski definition) is 7. The Balaban J connectivity index is 1.27. The first kappa shape index (κ1) is 26.3. The molecule has 198 valence electrons. The van der Waals surface area contributed by atoms with E-state index in [1.54, 1.807) is 24.0 Å². The lowest BCUT2D eigenvalue weighted by Gasteiger charge is -2.15. The zero-order valence-electron chi connectivity index (χ0n) is 21.2. The molecule has 1 atom stereocenters. The minimum absolute atomic E-state index is 0.0385. The van der Waals surface area contributed by atoms with E-state index in [2.05, 4.69) is 44.3 Å². The molecule has 0 aliphatic carbocycles. The van der Waals surface area contributed by atoms with Crippen LogP contribution in [0.5, 0.6) is 0 Å². The summed E-state index contributed by atoms with van der Waals surface area (Å²) >= 11 is 1.74. The van der Waals surface area contributed by atoms with E-state index >= 15 is 0 Å². The summed E-state index contributed by atoms with van der Waals surface area (Å²) in [6.45, 7) is 6.30. The standard InChI is InChI=1S/C29H26F2N6OS/c1-16(2)19-11-22(29(38)35-12-17-3-6-23(30)24(31)9-17)28(33-13-19)34-14-20-5-8-26(39-20)18-4-7-25-21(10-18)27(32)37-15-36-25/h3-7,9-11,13,15,26H,1,8,12,14H2,2H3,(H,33,34)(H,35,38)(H2,32,36,37). The van der Waals surface area contributed by atoms with Crippen molar-refractivity contribution in [1.82, 2.24) is 20.3 Å². The molecule has 4 N–H and O–H groups in total. The van der Waals surface area contributed by atoms with Gasteiger partial charge in [0.25, 0.3) is 5.91 Å². The third-order valence-electron chi connectivity index (χ3n) is 6.41. The molecule has 10 heteroatoms. The quantitative estimate of drug-likeness (QED) is 0.249. The number of amides is 1. The summed E-state index contributed by atoms with van der Waals surface area (Å²) < 4.78 is 26.8. The number of pyridine rings is 1. The second-order valence-corrected chi connectivity index (χ2v) is 10.6. The number of benzene rings is 2. The van der Waals surface area contributed by atoms with Crippen LogP contribution in [0.3, 0.4) is 0 Å². The van der Waals surface area contributed by atoms with Crippen molar-refractivity contribution in [2.24, 2.45) is 0 Å². The van der Waals surface area contributed by atoms with Gasteiger partial charge in [0, 0.05) is 34.8 Å². The van der Waals surface area contributed by atoms with E-state index in [0.717, 1.165) is 51.1 Å². The second kappa shape index (κ2) is 11.2. The molecule has 0 radical (unpaired) electrons. The van der Waals surface area contributed by atoms with Gasteiger partial charge in [0.05, 0.1) is 11.1 Å². The van der Waals surface area contributed by atoms with E-state index in [1.807, 2.05) is 19.1 Å². The fourth-order valence-electron chi connectivity index (χ4n) is 4.24. The number of nitrogens with two attached hydrogens (primary N) is 1. The maximum Gasteiger partial charge on any atom is 0.255 e. The SMILES string of the molecule is C=C(C)c1cnc(NCC2=CCC(c3ccc4ncnc(N)c4c3)S2)c(C(=O)NCc2ccc(F)c(F)c2)c1. The van der Waals surface area contributed by atoms with Crippen LogP contribution in [0.1, 0.15) is 45.6 Å². The summed E-state index contributed by atoms with van der Waals surface area (Å²) in [4.78, 5) is 27.1. The lowest BCUT2D eigenvalue weighted by molar-refractivity contribution is 0.0951. The molecule has 5 rings (SSSR count). The van der Waals surface area contributed by atoms with Gasteiger partial charge in [0.15, 0.2) is 11.6 Å². The minimum Gasteiger partial charge on any atom is -0.383 e. The van der Waals surface area contributed by atoms with Crippen molar-refractivity contribution in [3.8, 4) is 0 Å². The Bertz CT molecular complexity index is 1620. The Morgan fingerprint density at radius 1 is 1.10 bits per heavy atom. The molecule has 3 heterocycles. The smallest absolute Gasteiger partial charge is 0.255 e. The van der Waals surface area contributed by atoms with E-state index in [9.17, 15) is 13.6 Å². The number of anilines is 2. The van der Waals surface area contributed by atoms with Gasteiger partial charge in [-0.15, -0.1) is 11.8 Å². The topological polar surface area (TPSA) is 106 Å². The lowest BCUT2D eigenvalue weighted by Crippen LogP contribution is -2.25. The van der Waals surface area contributed by atoms with E-state index in [4.69, 9.17) is 5.73 Å². The molecule has 39 heavy (non-hydrogen) atoms. The van der Waals surface area contributed by atoms with Crippen molar-refractivity contribution in [3.05, 3.63) is 106 Å². The van der Waals surface area contributed by atoms with Crippen LogP contribution in [0.2, 0.25) is 0 Å². The number of nitrogen functional groups attached to an aromatic ring is 1. The Morgan fingerprint density at radius 3 is 2.74 bits per heavy atom. The molecule has 0 fully saturated rings. The predicted octanol–water partition coefficient (Wildman–Crippen LogP) is 6.02. The Kier molecular flexibility index (Phi) is 7.56. The summed E-state index contributed by atoms with van der Waals surface area (Å²) in [6.07, 6.45) is 6.14. The van der Waals surface area contributed by atoms with Crippen LogP contribution in [0.15, 0.2) is 72.5 Å². The molecule has 0 spiro atoms. The zero-order valence-corrected chi connectivity index (χ0v) is 22.0. The van der Waals surface area contributed by atoms with Crippen LogP contribution in [0.25, 0.3) is 16.5 Å². The van der Waals surface area contributed by atoms with Gasteiger partial charge in [-0.05, 0) is 65.9 Å². The molecule has 1 aliphatic heterocycles. The first-order chi connectivity index (χ1) is 18.8. The van der Waals surface area contributed by atoms with Crippen LogP contribution in [-0.2, 0) is 6.54 Å². The number of carbonyl (C=O) groups excluding carboxylic acids is 1. The van der Waals surface area contributed by atoms with E-state index < -0.39 is 11.6 Å². The Morgan fingerprint density at radius 2 is 1.95 bits per heavy atom. The van der Waals surface area contributed by atoms with Crippen molar-refractivity contribution < 1.29 is 13.6 Å². The molecule has 1 aliphatic rings. The number of aromatic nitrogens is 3. The van der Waals surface area contributed by atoms with E-state index in [-0.39, 0.29) is 17.7 Å². The molecular formula is C29H26F2N6OS. The highest BCUT2D eigenvalue weighted by atomic mass is 32.2. The number of halogens is 2. The third kappa shape index (κ3) is 5.91. The van der Waals surface area contributed by atoms with Crippen molar-refractivity contribution >= 4 is 45.8 Å². The average Bonchev–Trinajstić information content (AvgIpc) is 3.41. The fourth-order valence-corrected chi connectivity index (χ4v) is 5.43.